The van der Waals surface area contributed by atoms with Crippen LogP contribution in [0.5, 0.6) is 5.75 Å². The molecule has 0 fully saturated rings. The van der Waals surface area contributed by atoms with Crippen LogP contribution in [0.15, 0.2) is 36.4 Å². The van der Waals surface area contributed by atoms with Crippen LogP contribution in [0.25, 0.3) is 0 Å². The number of hydrogen-bond acceptors (Lipinski definition) is 3. The minimum absolute atomic E-state index is 0.0634. The van der Waals surface area contributed by atoms with Crippen LogP contribution < -0.4 is 5.32 Å². The summed E-state index contributed by atoms with van der Waals surface area (Å²) in [4.78, 5) is 10.9. The Morgan fingerprint density at radius 3 is 2.26 bits per heavy atom. The van der Waals surface area contributed by atoms with E-state index in [4.69, 9.17) is 28.3 Å². The second-order valence-corrected chi connectivity index (χ2v) is 4.69. The minimum atomic E-state index is -1.08. The lowest BCUT2D eigenvalue weighted by atomic mass is 10.2. The molecule has 2 aromatic rings. The smallest absolute Gasteiger partial charge is 0.335 e. The number of hydrogen-bond donors (Lipinski definition) is 3. The maximum atomic E-state index is 10.9. The third-order valence-electron chi connectivity index (χ3n) is 2.39. The number of carbonyl (C=O) groups is 1. The molecule has 0 atom stereocenters. The Hall–Kier alpha value is -1.91. The van der Waals surface area contributed by atoms with Crippen LogP contribution in [0.4, 0.5) is 11.4 Å². The largest absolute Gasteiger partial charge is 0.506 e. The predicted molar refractivity (Wildman–Crippen MR) is 74.8 cm³/mol. The van der Waals surface area contributed by atoms with E-state index in [0.717, 1.165) is 0 Å². The highest BCUT2D eigenvalue weighted by Gasteiger charge is 2.08. The number of nitrogens with one attached hydrogen (secondary N) is 1. The molecule has 0 heterocycles. The number of benzene rings is 2. The summed E-state index contributed by atoms with van der Waals surface area (Å²) in [6.07, 6.45) is 0. The fraction of sp³-hybridized carbons (Fsp3) is 0. The molecule has 6 heteroatoms. The van der Waals surface area contributed by atoms with E-state index in [-0.39, 0.29) is 17.0 Å². The number of phenols is 1. The molecule has 0 unspecified atom stereocenters. The van der Waals surface area contributed by atoms with Gasteiger partial charge in [-0.2, -0.15) is 0 Å². The summed E-state index contributed by atoms with van der Waals surface area (Å²) >= 11 is 11.7. The first-order valence-electron chi connectivity index (χ1n) is 5.25. The van der Waals surface area contributed by atoms with Crippen molar-refractivity contribution in [3.63, 3.8) is 0 Å². The van der Waals surface area contributed by atoms with E-state index < -0.39 is 5.97 Å². The first-order valence-corrected chi connectivity index (χ1v) is 6.01. The molecule has 98 valence electrons. The summed E-state index contributed by atoms with van der Waals surface area (Å²) < 4.78 is 0. The average molecular weight is 298 g/mol. The van der Waals surface area contributed by atoms with Crippen molar-refractivity contribution in [3.05, 3.63) is 52.0 Å². The van der Waals surface area contributed by atoms with Gasteiger partial charge in [-0.05, 0) is 36.4 Å². The van der Waals surface area contributed by atoms with E-state index in [1.807, 2.05) is 0 Å². The fourth-order valence-electron chi connectivity index (χ4n) is 1.55. The van der Waals surface area contributed by atoms with Gasteiger partial charge in [0.1, 0.15) is 5.75 Å². The number of halogens is 2. The normalized spacial score (nSPS) is 10.2. The lowest BCUT2D eigenvalue weighted by Crippen LogP contribution is -1.98. The van der Waals surface area contributed by atoms with Crippen LogP contribution in [0.3, 0.4) is 0 Å². The molecule has 19 heavy (non-hydrogen) atoms. The van der Waals surface area contributed by atoms with Crippen molar-refractivity contribution < 1.29 is 15.0 Å². The highest BCUT2D eigenvalue weighted by atomic mass is 35.5. The lowest BCUT2D eigenvalue weighted by Gasteiger charge is -2.10. The summed E-state index contributed by atoms with van der Waals surface area (Å²) in [6.45, 7) is 0. The summed E-state index contributed by atoms with van der Waals surface area (Å²) in [7, 11) is 0. The average Bonchev–Trinajstić information content (AvgIpc) is 2.30. The summed E-state index contributed by atoms with van der Waals surface area (Å²) in [5, 5.41) is 22.3. The molecular weight excluding hydrogens is 289 g/mol. The molecule has 0 saturated heterocycles. The van der Waals surface area contributed by atoms with Gasteiger partial charge in [-0.15, -0.1) is 0 Å². The quantitative estimate of drug-likeness (QED) is 0.745. The van der Waals surface area contributed by atoms with E-state index in [1.54, 1.807) is 18.2 Å². The van der Waals surface area contributed by atoms with Gasteiger partial charge in [-0.1, -0.05) is 23.2 Å². The van der Waals surface area contributed by atoms with Gasteiger partial charge in [-0.3, -0.25) is 0 Å². The first kappa shape index (κ1) is 13.5. The van der Waals surface area contributed by atoms with E-state index >= 15 is 0 Å². The molecular formula is C13H9Cl2NO3. The number of anilines is 2. The van der Waals surface area contributed by atoms with Gasteiger partial charge in [-0.25, -0.2) is 4.79 Å². The molecule has 4 nitrogen and oxygen atoms in total. The van der Waals surface area contributed by atoms with Crippen LogP contribution in [0.2, 0.25) is 10.0 Å². The monoisotopic (exact) mass is 297 g/mol. The van der Waals surface area contributed by atoms with E-state index in [2.05, 4.69) is 5.32 Å². The van der Waals surface area contributed by atoms with Gasteiger partial charge in [0.15, 0.2) is 0 Å². The van der Waals surface area contributed by atoms with Crippen molar-refractivity contribution in [2.24, 2.45) is 0 Å². The van der Waals surface area contributed by atoms with Gasteiger partial charge in [0.2, 0.25) is 0 Å². The lowest BCUT2D eigenvalue weighted by molar-refractivity contribution is 0.0697. The molecule has 0 saturated carbocycles. The Morgan fingerprint density at radius 1 is 1.05 bits per heavy atom. The Balaban J connectivity index is 2.37. The minimum Gasteiger partial charge on any atom is -0.506 e. The van der Waals surface area contributed by atoms with Gasteiger partial charge in [0.05, 0.1) is 11.3 Å². The summed E-state index contributed by atoms with van der Waals surface area (Å²) in [5.41, 5.74) is 0.877. The number of carboxylic acids is 1. The molecule has 0 amide bonds. The summed E-state index contributed by atoms with van der Waals surface area (Å²) in [5.74, 6) is -1.15. The second-order valence-electron chi connectivity index (χ2n) is 3.82. The van der Waals surface area contributed by atoms with Crippen LogP contribution in [-0.4, -0.2) is 16.2 Å². The predicted octanol–water partition coefficient (Wildman–Crippen LogP) is 4.14. The van der Waals surface area contributed by atoms with Gasteiger partial charge in [0.25, 0.3) is 0 Å². The molecule has 0 aliphatic rings. The number of phenolic OH excluding ortho intramolecular Hbond substituents is 1. The van der Waals surface area contributed by atoms with Gasteiger partial charge < -0.3 is 15.5 Å². The Morgan fingerprint density at radius 2 is 1.68 bits per heavy atom. The molecule has 2 rings (SSSR count). The third kappa shape index (κ3) is 3.30. The molecule has 0 aliphatic carbocycles. The standard InChI is InChI=1S/C13H9Cl2NO3/c14-8-4-9(15)6-10(5-8)16-11-3-7(13(18)19)1-2-12(11)17/h1-6,16-17H,(H,18,19). The Labute approximate surface area is 119 Å². The molecule has 0 spiro atoms. The van der Waals surface area contributed by atoms with E-state index in [0.29, 0.717) is 15.7 Å². The zero-order valence-corrected chi connectivity index (χ0v) is 11.0. The topological polar surface area (TPSA) is 69.6 Å². The first-order chi connectivity index (χ1) is 8.95. The summed E-state index contributed by atoms with van der Waals surface area (Å²) in [6, 6.07) is 8.74. The number of rotatable bonds is 3. The number of carboxylic acid groups (broad SMARTS) is 1. The van der Waals surface area contributed by atoms with Crippen molar-refractivity contribution in [3.8, 4) is 5.75 Å². The highest BCUT2D eigenvalue weighted by Crippen LogP contribution is 2.30. The van der Waals surface area contributed by atoms with Crippen LogP contribution in [-0.2, 0) is 0 Å². The SMILES string of the molecule is O=C(O)c1ccc(O)c(Nc2cc(Cl)cc(Cl)c2)c1. The van der Waals surface area contributed by atoms with Crippen molar-refractivity contribution >= 4 is 40.5 Å². The van der Waals surface area contributed by atoms with E-state index in [9.17, 15) is 9.90 Å². The Kier molecular flexibility index (Phi) is 3.83. The van der Waals surface area contributed by atoms with Crippen molar-refractivity contribution in [2.45, 2.75) is 0 Å². The van der Waals surface area contributed by atoms with Gasteiger partial charge in [0, 0.05) is 15.7 Å². The molecule has 0 radical (unpaired) electrons. The van der Waals surface area contributed by atoms with Crippen LogP contribution in [0.1, 0.15) is 10.4 Å². The van der Waals surface area contributed by atoms with Gasteiger partial charge >= 0.3 is 5.97 Å². The number of aromatic hydroxyl groups is 1. The van der Waals surface area contributed by atoms with E-state index in [1.165, 1.54) is 18.2 Å². The molecule has 0 aliphatic heterocycles. The maximum absolute atomic E-state index is 10.9. The van der Waals surface area contributed by atoms with Crippen molar-refractivity contribution in [1.29, 1.82) is 0 Å². The maximum Gasteiger partial charge on any atom is 0.335 e. The zero-order chi connectivity index (χ0) is 14.0. The third-order valence-corrected chi connectivity index (χ3v) is 2.82. The van der Waals surface area contributed by atoms with Crippen LogP contribution >= 0.6 is 23.2 Å². The Bertz CT molecular complexity index is 624. The molecule has 0 aromatic heterocycles. The number of aromatic carboxylic acids is 1. The van der Waals surface area contributed by atoms with Crippen LogP contribution in [0, 0.1) is 0 Å². The van der Waals surface area contributed by atoms with Crippen molar-refractivity contribution in [1.82, 2.24) is 0 Å². The molecule has 2 aromatic carbocycles. The highest BCUT2D eigenvalue weighted by molar-refractivity contribution is 6.35. The van der Waals surface area contributed by atoms with Crippen molar-refractivity contribution in [2.75, 3.05) is 5.32 Å². The second kappa shape index (κ2) is 5.38. The fourth-order valence-corrected chi connectivity index (χ4v) is 2.08. The molecule has 3 N–H and O–H groups in total. The zero-order valence-electron chi connectivity index (χ0n) is 9.52. The molecule has 0 bridgehead atoms.